The van der Waals surface area contributed by atoms with E-state index in [0.717, 1.165) is 12.5 Å². The quantitative estimate of drug-likeness (QED) is 0.749. The maximum Gasteiger partial charge on any atom is 0.152 e. The van der Waals surface area contributed by atoms with Crippen LogP contribution in [0.4, 0.5) is 0 Å². The highest BCUT2D eigenvalue weighted by Crippen LogP contribution is 2.18. The van der Waals surface area contributed by atoms with E-state index in [4.69, 9.17) is 0 Å². The average molecular weight is 240 g/mol. The van der Waals surface area contributed by atoms with E-state index in [-0.39, 0.29) is 5.41 Å². The van der Waals surface area contributed by atoms with E-state index >= 15 is 0 Å². The second kappa shape index (κ2) is 5.96. The molecule has 0 radical (unpaired) electrons. The van der Waals surface area contributed by atoms with Crippen molar-refractivity contribution in [1.29, 1.82) is 0 Å². The molecule has 1 saturated heterocycles. The maximum atomic E-state index is 11.9. The van der Waals surface area contributed by atoms with Crippen molar-refractivity contribution in [1.82, 2.24) is 9.80 Å². The van der Waals surface area contributed by atoms with E-state index < -0.39 is 0 Å². The molecule has 1 rings (SSSR count). The lowest BCUT2D eigenvalue weighted by Gasteiger charge is -2.32. The van der Waals surface area contributed by atoms with Gasteiger partial charge in [0.2, 0.25) is 0 Å². The third kappa shape index (κ3) is 5.17. The van der Waals surface area contributed by atoms with E-state index in [1.54, 1.807) is 0 Å². The Hall–Kier alpha value is -0.410. The Morgan fingerprint density at radius 2 is 1.82 bits per heavy atom. The second-order valence-corrected chi connectivity index (χ2v) is 6.62. The van der Waals surface area contributed by atoms with Gasteiger partial charge in [-0.25, -0.2) is 0 Å². The van der Waals surface area contributed by atoms with Gasteiger partial charge in [0.1, 0.15) is 0 Å². The summed E-state index contributed by atoms with van der Waals surface area (Å²) in [4.78, 5) is 16.5. The normalized spacial score (nSPS) is 19.9. The fourth-order valence-corrected chi connectivity index (χ4v) is 2.23. The molecule has 0 aromatic rings. The number of nitrogens with zero attached hydrogens (tertiary/aromatic N) is 2. The standard InChI is InChI=1S/C14H28N2O/c1-14(2,3)13(17)11-16(5)10-12-6-8-15(4)9-7-12/h12H,6-11H2,1-5H3. The van der Waals surface area contributed by atoms with Crippen LogP contribution in [0.25, 0.3) is 0 Å². The van der Waals surface area contributed by atoms with Crippen molar-refractivity contribution in [2.45, 2.75) is 33.6 Å². The molecule has 1 heterocycles. The van der Waals surface area contributed by atoms with Crippen LogP contribution in [0.1, 0.15) is 33.6 Å². The van der Waals surface area contributed by atoms with Crippen molar-refractivity contribution in [2.24, 2.45) is 11.3 Å². The molecule has 0 saturated carbocycles. The molecular weight excluding hydrogens is 212 g/mol. The highest BCUT2D eigenvalue weighted by atomic mass is 16.1. The van der Waals surface area contributed by atoms with Crippen LogP contribution in [0.15, 0.2) is 0 Å². The number of carbonyl (C=O) groups excluding carboxylic acids is 1. The largest absolute Gasteiger partial charge is 0.306 e. The van der Waals surface area contributed by atoms with Gasteiger partial charge in [0.05, 0.1) is 6.54 Å². The second-order valence-electron chi connectivity index (χ2n) is 6.62. The Morgan fingerprint density at radius 3 is 2.29 bits per heavy atom. The zero-order valence-corrected chi connectivity index (χ0v) is 12.1. The lowest BCUT2D eigenvalue weighted by Crippen LogP contribution is -2.39. The Kier molecular flexibility index (Phi) is 5.14. The maximum absolute atomic E-state index is 11.9. The molecule has 3 heteroatoms. The summed E-state index contributed by atoms with van der Waals surface area (Å²) in [5, 5.41) is 0. The molecule has 100 valence electrons. The summed E-state index contributed by atoms with van der Waals surface area (Å²) in [6.45, 7) is 10.1. The van der Waals surface area contributed by atoms with Gasteiger partial charge in [-0.05, 0) is 45.9 Å². The topological polar surface area (TPSA) is 23.6 Å². The van der Waals surface area contributed by atoms with E-state index in [1.807, 2.05) is 20.8 Å². The van der Waals surface area contributed by atoms with Crippen LogP contribution in [0, 0.1) is 11.3 Å². The molecule has 0 aromatic heterocycles. The summed E-state index contributed by atoms with van der Waals surface area (Å²) < 4.78 is 0. The molecular formula is C14H28N2O. The van der Waals surface area contributed by atoms with E-state index in [9.17, 15) is 4.79 Å². The molecule has 0 bridgehead atoms. The van der Waals surface area contributed by atoms with Crippen molar-refractivity contribution in [3.8, 4) is 0 Å². The van der Waals surface area contributed by atoms with Gasteiger partial charge in [0.15, 0.2) is 5.78 Å². The van der Waals surface area contributed by atoms with Crippen molar-refractivity contribution in [2.75, 3.05) is 40.3 Å². The van der Waals surface area contributed by atoms with Gasteiger partial charge in [-0.1, -0.05) is 20.8 Å². The molecule has 1 fully saturated rings. The minimum Gasteiger partial charge on any atom is -0.306 e. The number of Topliss-reactive ketones (excluding diaryl/α,β-unsaturated/α-hetero) is 1. The molecule has 0 aromatic carbocycles. The van der Waals surface area contributed by atoms with Gasteiger partial charge in [-0.2, -0.15) is 0 Å². The van der Waals surface area contributed by atoms with Crippen LogP contribution in [0.2, 0.25) is 0 Å². The summed E-state index contributed by atoms with van der Waals surface area (Å²) in [7, 11) is 4.25. The van der Waals surface area contributed by atoms with Crippen molar-refractivity contribution in [3.63, 3.8) is 0 Å². The smallest absolute Gasteiger partial charge is 0.152 e. The first-order valence-electron chi connectivity index (χ1n) is 6.69. The molecule has 1 aliphatic heterocycles. The third-order valence-corrected chi connectivity index (χ3v) is 3.66. The van der Waals surface area contributed by atoms with Crippen molar-refractivity contribution < 1.29 is 4.79 Å². The Morgan fingerprint density at radius 1 is 1.29 bits per heavy atom. The lowest BCUT2D eigenvalue weighted by molar-refractivity contribution is -0.127. The van der Waals surface area contributed by atoms with Gasteiger partial charge in [-0.15, -0.1) is 0 Å². The summed E-state index contributed by atoms with van der Waals surface area (Å²) in [5.41, 5.74) is -0.207. The minimum atomic E-state index is -0.207. The predicted octanol–water partition coefficient (Wildman–Crippen LogP) is 1.88. The summed E-state index contributed by atoms with van der Waals surface area (Å²) in [6.07, 6.45) is 2.54. The summed E-state index contributed by atoms with van der Waals surface area (Å²) in [5.74, 6) is 1.11. The fourth-order valence-electron chi connectivity index (χ4n) is 2.23. The van der Waals surface area contributed by atoms with Crippen LogP contribution < -0.4 is 0 Å². The average Bonchev–Trinajstić information content (AvgIpc) is 2.20. The third-order valence-electron chi connectivity index (χ3n) is 3.66. The van der Waals surface area contributed by atoms with Gasteiger partial charge in [0.25, 0.3) is 0 Å². The van der Waals surface area contributed by atoms with Crippen LogP contribution in [-0.2, 0) is 4.79 Å². The number of carbonyl (C=O) groups is 1. The summed E-state index contributed by atoms with van der Waals surface area (Å²) >= 11 is 0. The number of hydrogen-bond donors (Lipinski definition) is 0. The predicted molar refractivity (Wildman–Crippen MR) is 72.2 cm³/mol. The number of hydrogen-bond acceptors (Lipinski definition) is 3. The van der Waals surface area contributed by atoms with E-state index in [1.165, 1.54) is 25.9 Å². The lowest BCUT2D eigenvalue weighted by atomic mass is 9.90. The first-order valence-corrected chi connectivity index (χ1v) is 6.69. The molecule has 0 aliphatic carbocycles. The van der Waals surface area contributed by atoms with Gasteiger partial charge < -0.3 is 4.90 Å². The molecule has 0 atom stereocenters. The number of likely N-dealkylation sites (tertiary alicyclic amines) is 1. The van der Waals surface area contributed by atoms with Crippen LogP contribution >= 0.6 is 0 Å². The van der Waals surface area contributed by atoms with Crippen LogP contribution in [0.5, 0.6) is 0 Å². The Balaban J connectivity index is 2.30. The van der Waals surface area contributed by atoms with Gasteiger partial charge in [0, 0.05) is 12.0 Å². The zero-order chi connectivity index (χ0) is 13.1. The highest BCUT2D eigenvalue weighted by Gasteiger charge is 2.24. The monoisotopic (exact) mass is 240 g/mol. The van der Waals surface area contributed by atoms with Gasteiger partial charge in [-0.3, -0.25) is 9.69 Å². The molecule has 1 aliphatic rings. The van der Waals surface area contributed by atoms with Gasteiger partial charge >= 0.3 is 0 Å². The highest BCUT2D eigenvalue weighted by molar-refractivity contribution is 5.85. The van der Waals surface area contributed by atoms with Crippen molar-refractivity contribution in [3.05, 3.63) is 0 Å². The number of piperidine rings is 1. The molecule has 0 amide bonds. The SMILES string of the molecule is CN1CCC(CN(C)CC(=O)C(C)(C)C)CC1. The minimum absolute atomic E-state index is 0.207. The molecule has 3 nitrogen and oxygen atoms in total. The van der Waals surface area contributed by atoms with E-state index in [0.29, 0.717) is 12.3 Å². The number of ketones is 1. The van der Waals surface area contributed by atoms with Crippen LogP contribution in [0.3, 0.4) is 0 Å². The van der Waals surface area contributed by atoms with Crippen LogP contribution in [-0.4, -0.2) is 55.9 Å². The molecule has 0 unspecified atom stereocenters. The Bertz CT molecular complexity index is 249. The van der Waals surface area contributed by atoms with E-state index in [2.05, 4.69) is 23.9 Å². The molecule has 0 spiro atoms. The molecule has 17 heavy (non-hydrogen) atoms. The summed E-state index contributed by atoms with van der Waals surface area (Å²) in [6, 6.07) is 0. The number of rotatable bonds is 4. The zero-order valence-electron chi connectivity index (χ0n) is 12.1. The Labute approximate surface area is 106 Å². The fraction of sp³-hybridized carbons (Fsp3) is 0.929. The number of likely N-dealkylation sites (N-methyl/N-ethyl adjacent to an activating group) is 1. The molecule has 0 N–H and O–H groups in total. The van der Waals surface area contributed by atoms with Crippen molar-refractivity contribution >= 4 is 5.78 Å². The first kappa shape index (κ1) is 14.7. The first-order chi connectivity index (χ1) is 7.79.